The highest BCUT2D eigenvalue weighted by Gasteiger charge is 2.08. The number of hydrogen-bond donors (Lipinski definition) is 0. The third-order valence-electron chi connectivity index (χ3n) is 3.53. The van der Waals surface area contributed by atoms with Crippen LogP contribution < -0.4 is 16.0 Å². The zero-order valence-electron chi connectivity index (χ0n) is 13.7. The SMILES string of the molecule is COc1ccccc1/C=C/C(=O)OCc1cc(=O)n(C)c(=O)n1C. The number of rotatable bonds is 5. The molecule has 7 nitrogen and oxygen atoms in total. The van der Waals surface area contributed by atoms with Crippen LogP contribution in [0.15, 0.2) is 46.0 Å². The first-order valence-corrected chi connectivity index (χ1v) is 7.18. The molecule has 1 heterocycles. The Bertz CT molecular complexity index is 893. The summed E-state index contributed by atoms with van der Waals surface area (Å²) in [6, 6.07) is 8.49. The van der Waals surface area contributed by atoms with Gasteiger partial charge in [-0.15, -0.1) is 0 Å². The maximum absolute atomic E-state index is 11.8. The summed E-state index contributed by atoms with van der Waals surface area (Å²) in [6.07, 6.45) is 2.83. The average Bonchev–Trinajstić information content (AvgIpc) is 2.60. The minimum Gasteiger partial charge on any atom is -0.496 e. The molecule has 0 saturated heterocycles. The van der Waals surface area contributed by atoms with Gasteiger partial charge < -0.3 is 9.47 Å². The molecule has 126 valence electrons. The van der Waals surface area contributed by atoms with Crippen LogP contribution in [0.1, 0.15) is 11.3 Å². The van der Waals surface area contributed by atoms with Crippen LogP contribution in [-0.4, -0.2) is 22.2 Å². The first-order valence-electron chi connectivity index (χ1n) is 7.18. The summed E-state index contributed by atoms with van der Waals surface area (Å²) in [4.78, 5) is 35.2. The van der Waals surface area contributed by atoms with Gasteiger partial charge in [-0.1, -0.05) is 18.2 Å². The molecule has 0 amide bonds. The Hall–Kier alpha value is -3.09. The molecule has 0 atom stereocenters. The molecular formula is C17H18N2O5. The van der Waals surface area contributed by atoms with E-state index in [2.05, 4.69) is 0 Å². The van der Waals surface area contributed by atoms with Gasteiger partial charge in [0.2, 0.25) is 0 Å². The van der Waals surface area contributed by atoms with Crippen molar-refractivity contribution in [3.8, 4) is 5.75 Å². The topological polar surface area (TPSA) is 79.5 Å². The smallest absolute Gasteiger partial charge is 0.331 e. The Morgan fingerprint density at radius 2 is 1.88 bits per heavy atom. The quantitative estimate of drug-likeness (QED) is 0.600. The Labute approximate surface area is 138 Å². The lowest BCUT2D eigenvalue weighted by molar-refractivity contribution is -0.139. The number of nitrogens with zero attached hydrogens (tertiary/aromatic N) is 2. The molecule has 0 aliphatic carbocycles. The van der Waals surface area contributed by atoms with Crippen molar-refractivity contribution in [2.75, 3.05) is 7.11 Å². The summed E-state index contributed by atoms with van der Waals surface area (Å²) in [6.45, 7) is -0.170. The minimum absolute atomic E-state index is 0.170. The summed E-state index contributed by atoms with van der Waals surface area (Å²) in [5, 5.41) is 0. The van der Waals surface area contributed by atoms with E-state index in [1.54, 1.807) is 25.3 Å². The lowest BCUT2D eigenvalue weighted by Gasteiger charge is -2.09. The van der Waals surface area contributed by atoms with Gasteiger partial charge in [-0.25, -0.2) is 9.59 Å². The van der Waals surface area contributed by atoms with Crippen molar-refractivity contribution >= 4 is 12.0 Å². The molecule has 0 spiro atoms. The lowest BCUT2D eigenvalue weighted by atomic mass is 10.2. The number of ether oxygens (including phenoxy) is 2. The van der Waals surface area contributed by atoms with Crippen molar-refractivity contribution in [2.45, 2.75) is 6.61 Å². The van der Waals surface area contributed by atoms with E-state index in [0.29, 0.717) is 11.4 Å². The molecule has 24 heavy (non-hydrogen) atoms. The third kappa shape index (κ3) is 3.81. The molecule has 1 aromatic carbocycles. The van der Waals surface area contributed by atoms with E-state index in [-0.39, 0.29) is 6.61 Å². The second-order valence-corrected chi connectivity index (χ2v) is 5.06. The molecule has 2 aromatic rings. The molecule has 7 heteroatoms. The van der Waals surface area contributed by atoms with E-state index in [9.17, 15) is 14.4 Å². The van der Waals surface area contributed by atoms with Crippen LogP contribution in [0, 0.1) is 0 Å². The van der Waals surface area contributed by atoms with Gasteiger partial charge in [-0.2, -0.15) is 0 Å². The third-order valence-corrected chi connectivity index (χ3v) is 3.53. The van der Waals surface area contributed by atoms with Crippen LogP contribution in [0.2, 0.25) is 0 Å². The van der Waals surface area contributed by atoms with Crippen molar-refractivity contribution in [2.24, 2.45) is 14.1 Å². The number of hydrogen-bond acceptors (Lipinski definition) is 5. The van der Waals surface area contributed by atoms with Crippen LogP contribution >= 0.6 is 0 Å². The fraction of sp³-hybridized carbons (Fsp3) is 0.235. The molecule has 0 fully saturated rings. The Kier molecular flexibility index (Phi) is 5.36. The monoisotopic (exact) mass is 330 g/mol. The number of benzene rings is 1. The second-order valence-electron chi connectivity index (χ2n) is 5.06. The van der Waals surface area contributed by atoms with Crippen LogP contribution in [0.4, 0.5) is 0 Å². The maximum Gasteiger partial charge on any atom is 0.331 e. The first-order chi connectivity index (χ1) is 11.4. The number of aromatic nitrogens is 2. The molecule has 0 bridgehead atoms. The zero-order valence-corrected chi connectivity index (χ0v) is 13.7. The Morgan fingerprint density at radius 3 is 2.58 bits per heavy atom. The van der Waals surface area contributed by atoms with Crippen molar-refractivity contribution in [3.63, 3.8) is 0 Å². The normalized spacial score (nSPS) is 10.8. The van der Waals surface area contributed by atoms with Crippen molar-refractivity contribution in [1.29, 1.82) is 0 Å². The first kappa shape index (κ1) is 17.3. The highest BCUT2D eigenvalue weighted by molar-refractivity contribution is 5.87. The van der Waals surface area contributed by atoms with E-state index in [1.807, 2.05) is 12.1 Å². The summed E-state index contributed by atoms with van der Waals surface area (Å²) < 4.78 is 12.5. The molecule has 1 aromatic heterocycles. The van der Waals surface area contributed by atoms with Gasteiger partial charge in [-0.05, 0) is 12.1 Å². The molecule has 0 aliphatic heterocycles. The fourth-order valence-corrected chi connectivity index (χ4v) is 2.07. The van der Waals surface area contributed by atoms with E-state index >= 15 is 0 Å². The number of carbonyl (C=O) groups is 1. The second kappa shape index (κ2) is 7.45. The summed E-state index contributed by atoms with van der Waals surface area (Å²) in [5.41, 5.74) is 0.131. The number of carbonyl (C=O) groups excluding carboxylic acids is 1. The van der Waals surface area contributed by atoms with E-state index < -0.39 is 17.2 Å². The molecule has 0 N–H and O–H groups in total. The lowest BCUT2D eigenvalue weighted by Crippen LogP contribution is -2.38. The van der Waals surface area contributed by atoms with Crippen molar-refractivity contribution in [3.05, 3.63) is 68.5 Å². The van der Waals surface area contributed by atoms with Gasteiger partial charge in [0.05, 0.1) is 12.8 Å². The van der Waals surface area contributed by atoms with Gasteiger partial charge in [0, 0.05) is 31.8 Å². The Balaban J connectivity index is 2.08. The Morgan fingerprint density at radius 1 is 1.17 bits per heavy atom. The largest absolute Gasteiger partial charge is 0.496 e. The van der Waals surface area contributed by atoms with E-state index in [4.69, 9.17) is 9.47 Å². The van der Waals surface area contributed by atoms with Crippen LogP contribution in [0.5, 0.6) is 5.75 Å². The van der Waals surface area contributed by atoms with Gasteiger partial charge in [0.1, 0.15) is 12.4 Å². The van der Waals surface area contributed by atoms with Gasteiger partial charge in [-0.3, -0.25) is 13.9 Å². The predicted octanol–water partition coefficient (Wildman–Crippen LogP) is 0.849. The van der Waals surface area contributed by atoms with Crippen molar-refractivity contribution in [1.82, 2.24) is 9.13 Å². The summed E-state index contributed by atoms with van der Waals surface area (Å²) >= 11 is 0. The minimum atomic E-state index is -0.589. The number of methoxy groups -OCH3 is 1. The van der Waals surface area contributed by atoms with Crippen LogP contribution in [0.3, 0.4) is 0 Å². The molecule has 0 radical (unpaired) electrons. The highest BCUT2D eigenvalue weighted by Crippen LogP contribution is 2.18. The van der Waals surface area contributed by atoms with Crippen LogP contribution in [0.25, 0.3) is 6.08 Å². The van der Waals surface area contributed by atoms with Crippen LogP contribution in [-0.2, 0) is 30.2 Å². The maximum atomic E-state index is 11.8. The average molecular weight is 330 g/mol. The van der Waals surface area contributed by atoms with E-state index in [0.717, 1.165) is 10.1 Å². The molecular weight excluding hydrogens is 312 g/mol. The predicted molar refractivity (Wildman–Crippen MR) is 88.7 cm³/mol. The highest BCUT2D eigenvalue weighted by atomic mass is 16.5. The van der Waals surface area contributed by atoms with Gasteiger partial charge in [0.25, 0.3) is 5.56 Å². The molecule has 0 saturated carbocycles. The summed E-state index contributed by atoms with van der Waals surface area (Å²) in [5.74, 6) is 0.0459. The van der Waals surface area contributed by atoms with Gasteiger partial charge >= 0.3 is 11.7 Å². The zero-order chi connectivity index (χ0) is 17.7. The van der Waals surface area contributed by atoms with E-state index in [1.165, 1.54) is 30.8 Å². The standard InChI is InChI=1S/C17H18N2O5/c1-18-13(10-15(20)19(2)17(18)22)11-24-16(21)9-8-12-6-4-5-7-14(12)23-3/h4-10H,11H2,1-3H3/b9-8+. The number of esters is 1. The molecule has 0 unspecified atom stereocenters. The van der Waals surface area contributed by atoms with Crippen molar-refractivity contribution < 1.29 is 14.3 Å². The molecule has 2 rings (SSSR count). The van der Waals surface area contributed by atoms with Gasteiger partial charge in [0.15, 0.2) is 0 Å². The fourth-order valence-electron chi connectivity index (χ4n) is 2.07. The number of para-hydroxylation sites is 1. The summed E-state index contributed by atoms with van der Waals surface area (Å²) in [7, 11) is 4.44. The molecule has 0 aliphatic rings.